The smallest absolute Gasteiger partial charge is 0.134 e. The predicted molar refractivity (Wildman–Crippen MR) is 97.7 cm³/mol. The molecule has 0 N–H and O–H groups in total. The molecule has 0 aliphatic carbocycles. The largest absolute Gasteiger partial charge is 0.488 e. The molecule has 2 aromatic rings. The Kier molecular flexibility index (Phi) is 5.70. The van der Waals surface area contributed by atoms with Gasteiger partial charge in [-0.1, -0.05) is 36.4 Å². The Morgan fingerprint density at radius 3 is 2.39 bits per heavy atom. The molecule has 1 aliphatic rings. The van der Waals surface area contributed by atoms with Gasteiger partial charge in [-0.3, -0.25) is 4.90 Å². The third kappa shape index (κ3) is 4.80. The number of halogens is 1. The zero-order chi connectivity index (χ0) is 16.1. The van der Waals surface area contributed by atoms with Crippen LogP contribution in [0.1, 0.15) is 11.1 Å². The molecule has 1 saturated heterocycles. The number of hydrogen-bond acceptors (Lipinski definition) is 3. The van der Waals surface area contributed by atoms with Crippen molar-refractivity contribution >= 4 is 15.9 Å². The van der Waals surface area contributed by atoms with E-state index in [-0.39, 0.29) is 0 Å². The molecule has 1 fully saturated rings. The summed E-state index contributed by atoms with van der Waals surface area (Å²) in [7, 11) is 2.19. The maximum atomic E-state index is 5.91. The quantitative estimate of drug-likeness (QED) is 0.791. The first kappa shape index (κ1) is 16.5. The number of nitrogens with zero attached hydrogens (tertiary/aromatic N) is 2. The Morgan fingerprint density at radius 1 is 0.957 bits per heavy atom. The molecule has 122 valence electrons. The number of hydrogen-bond donors (Lipinski definition) is 0. The van der Waals surface area contributed by atoms with Gasteiger partial charge in [-0.2, -0.15) is 0 Å². The van der Waals surface area contributed by atoms with Crippen LogP contribution in [0.3, 0.4) is 0 Å². The molecule has 0 atom stereocenters. The van der Waals surface area contributed by atoms with Gasteiger partial charge in [0.25, 0.3) is 0 Å². The standard InChI is InChI=1S/C19H23BrN2O/c1-21-9-11-22(12-10-21)14-17-7-8-19(18(20)13-17)23-15-16-5-3-2-4-6-16/h2-8,13H,9-12,14-15H2,1H3. The van der Waals surface area contributed by atoms with Gasteiger partial charge in [0.2, 0.25) is 0 Å². The number of piperazine rings is 1. The van der Waals surface area contributed by atoms with Gasteiger partial charge in [-0.25, -0.2) is 0 Å². The number of ether oxygens (including phenoxy) is 1. The van der Waals surface area contributed by atoms with E-state index in [2.05, 4.69) is 63.1 Å². The van der Waals surface area contributed by atoms with Crippen molar-refractivity contribution in [2.75, 3.05) is 33.2 Å². The van der Waals surface area contributed by atoms with Crippen LogP contribution in [0.25, 0.3) is 0 Å². The van der Waals surface area contributed by atoms with Gasteiger partial charge in [-0.15, -0.1) is 0 Å². The Bertz CT molecular complexity index is 625. The summed E-state index contributed by atoms with van der Waals surface area (Å²) < 4.78 is 6.94. The van der Waals surface area contributed by atoms with Crippen molar-refractivity contribution < 1.29 is 4.74 Å². The number of likely N-dealkylation sites (N-methyl/N-ethyl adjacent to an activating group) is 1. The molecule has 1 heterocycles. The zero-order valence-electron chi connectivity index (χ0n) is 13.5. The molecule has 3 rings (SSSR count). The fourth-order valence-electron chi connectivity index (χ4n) is 2.76. The van der Waals surface area contributed by atoms with Gasteiger partial charge < -0.3 is 9.64 Å². The summed E-state index contributed by atoms with van der Waals surface area (Å²) in [6, 6.07) is 16.7. The van der Waals surface area contributed by atoms with E-state index in [0.29, 0.717) is 6.61 Å². The van der Waals surface area contributed by atoms with Crippen LogP contribution < -0.4 is 4.74 Å². The molecule has 0 bridgehead atoms. The van der Waals surface area contributed by atoms with Crippen molar-refractivity contribution in [2.45, 2.75) is 13.2 Å². The molecule has 0 saturated carbocycles. The van der Waals surface area contributed by atoms with E-state index < -0.39 is 0 Å². The fourth-order valence-corrected chi connectivity index (χ4v) is 3.30. The molecule has 4 heteroatoms. The van der Waals surface area contributed by atoms with Crippen molar-refractivity contribution in [1.82, 2.24) is 9.80 Å². The van der Waals surface area contributed by atoms with E-state index in [4.69, 9.17) is 4.74 Å². The normalized spacial score (nSPS) is 16.4. The minimum atomic E-state index is 0.594. The SMILES string of the molecule is CN1CCN(Cc2ccc(OCc3ccccc3)c(Br)c2)CC1. The van der Waals surface area contributed by atoms with Crippen molar-refractivity contribution in [3.63, 3.8) is 0 Å². The summed E-state index contributed by atoms with van der Waals surface area (Å²) in [6.07, 6.45) is 0. The second kappa shape index (κ2) is 7.95. The molecule has 0 amide bonds. The van der Waals surface area contributed by atoms with Crippen LogP contribution in [0.15, 0.2) is 53.0 Å². The molecule has 0 aromatic heterocycles. The van der Waals surface area contributed by atoms with E-state index in [0.717, 1.165) is 42.9 Å². The molecule has 23 heavy (non-hydrogen) atoms. The molecular formula is C19H23BrN2O. The van der Waals surface area contributed by atoms with Crippen molar-refractivity contribution in [1.29, 1.82) is 0 Å². The lowest BCUT2D eigenvalue weighted by molar-refractivity contribution is 0.148. The van der Waals surface area contributed by atoms with E-state index in [1.54, 1.807) is 0 Å². The lowest BCUT2D eigenvalue weighted by atomic mass is 10.2. The summed E-state index contributed by atoms with van der Waals surface area (Å²) in [5.41, 5.74) is 2.51. The lowest BCUT2D eigenvalue weighted by Gasteiger charge is -2.32. The molecule has 0 radical (unpaired) electrons. The minimum Gasteiger partial charge on any atom is -0.488 e. The highest BCUT2D eigenvalue weighted by Crippen LogP contribution is 2.27. The first-order valence-corrected chi connectivity index (χ1v) is 8.86. The summed E-state index contributed by atoms with van der Waals surface area (Å²) in [5.74, 6) is 0.899. The Labute approximate surface area is 147 Å². The lowest BCUT2D eigenvalue weighted by Crippen LogP contribution is -2.43. The van der Waals surface area contributed by atoms with E-state index in [1.807, 2.05) is 18.2 Å². The van der Waals surface area contributed by atoms with Gasteiger partial charge in [0, 0.05) is 32.7 Å². The van der Waals surface area contributed by atoms with E-state index in [9.17, 15) is 0 Å². The monoisotopic (exact) mass is 374 g/mol. The Hall–Kier alpha value is -1.36. The maximum absolute atomic E-state index is 5.91. The second-order valence-electron chi connectivity index (χ2n) is 6.12. The summed E-state index contributed by atoms with van der Waals surface area (Å²) >= 11 is 3.64. The molecule has 0 spiro atoms. The third-order valence-corrected chi connectivity index (χ3v) is 4.86. The highest BCUT2D eigenvalue weighted by molar-refractivity contribution is 9.10. The van der Waals surface area contributed by atoms with Crippen molar-refractivity contribution in [3.8, 4) is 5.75 Å². The second-order valence-corrected chi connectivity index (χ2v) is 6.97. The van der Waals surface area contributed by atoms with Gasteiger partial charge in [0.1, 0.15) is 12.4 Å². The van der Waals surface area contributed by atoms with Gasteiger partial charge in [0.05, 0.1) is 4.47 Å². The topological polar surface area (TPSA) is 15.7 Å². The number of rotatable bonds is 5. The van der Waals surface area contributed by atoms with Gasteiger partial charge >= 0.3 is 0 Å². The first-order valence-electron chi connectivity index (χ1n) is 8.07. The third-order valence-electron chi connectivity index (χ3n) is 4.24. The molecular weight excluding hydrogens is 352 g/mol. The van der Waals surface area contributed by atoms with Crippen LogP contribution in [0.4, 0.5) is 0 Å². The predicted octanol–water partition coefficient (Wildman–Crippen LogP) is 3.78. The highest BCUT2D eigenvalue weighted by Gasteiger charge is 2.14. The molecule has 0 unspecified atom stereocenters. The summed E-state index contributed by atoms with van der Waals surface area (Å²) in [5, 5.41) is 0. The minimum absolute atomic E-state index is 0.594. The molecule has 1 aliphatic heterocycles. The summed E-state index contributed by atoms with van der Waals surface area (Å²) in [4.78, 5) is 4.89. The van der Waals surface area contributed by atoms with Crippen LogP contribution >= 0.6 is 15.9 Å². The maximum Gasteiger partial charge on any atom is 0.134 e. The average molecular weight is 375 g/mol. The van der Waals surface area contributed by atoms with Crippen molar-refractivity contribution in [3.05, 3.63) is 64.1 Å². The van der Waals surface area contributed by atoms with Gasteiger partial charge in [-0.05, 0) is 46.2 Å². The molecule has 2 aromatic carbocycles. The zero-order valence-corrected chi connectivity index (χ0v) is 15.1. The van der Waals surface area contributed by atoms with E-state index >= 15 is 0 Å². The van der Waals surface area contributed by atoms with Crippen LogP contribution in [0.5, 0.6) is 5.75 Å². The Morgan fingerprint density at radius 2 is 1.70 bits per heavy atom. The number of benzene rings is 2. The van der Waals surface area contributed by atoms with E-state index in [1.165, 1.54) is 11.1 Å². The fraction of sp³-hybridized carbons (Fsp3) is 0.368. The highest BCUT2D eigenvalue weighted by atomic mass is 79.9. The average Bonchev–Trinajstić information content (AvgIpc) is 2.57. The Balaban J connectivity index is 1.57. The first-order chi connectivity index (χ1) is 11.2. The van der Waals surface area contributed by atoms with Crippen molar-refractivity contribution in [2.24, 2.45) is 0 Å². The van der Waals surface area contributed by atoms with Gasteiger partial charge in [0.15, 0.2) is 0 Å². The summed E-state index contributed by atoms with van der Waals surface area (Å²) in [6.45, 7) is 6.18. The van der Waals surface area contributed by atoms with Crippen LogP contribution in [-0.4, -0.2) is 43.0 Å². The van der Waals surface area contributed by atoms with Crippen LogP contribution in [-0.2, 0) is 13.2 Å². The van der Waals surface area contributed by atoms with Crippen LogP contribution in [0.2, 0.25) is 0 Å². The molecule has 3 nitrogen and oxygen atoms in total. The van der Waals surface area contributed by atoms with Crippen LogP contribution in [0, 0.1) is 0 Å².